The van der Waals surface area contributed by atoms with Gasteiger partial charge < -0.3 is 26.7 Å². The fourth-order valence-electron chi connectivity index (χ4n) is 1.07. The Balaban J connectivity index is 2.53. The van der Waals surface area contributed by atoms with Crippen molar-refractivity contribution >= 4 is 11.6 Å². The highest BCUT2D eigenvalue weighted by Gasteiger charge is 2.17. The molecule has 0 saturated carbocycles. The molecule has 0 aromatic rings. The molecular formula is C8H14ClN3O2. The molecule has 1 rings (SSSR count). The maximum atomic E-state index is 5.56. The quantitative estimate of drug-likeness (QED) is 0.350. The van der Waals surface area contributed by atoms with Gasteiger partial charge in [-0.25, -0.2) is 0 Å². The first-order valence-corrected chi connectivity index (χ1v) is 4.59. The van der Waals surface area contributed by atoms with E-state index < -0.39 is 0 Å². The molecule has 1 saturated heterocycles. The monoisotopic (exact) mass is 219 g/mol. The molecular weight excluding hydrogens is 206 g/mol. The van der Waals surface area contributed by atoms with Crippen LogP contribution in [-0.2, 0) is 9.47 Å². The van der Waals surface area contributed by atoms with E-state index in [1.54, 1.807) is 0 Å². The molecule has 0 bridgehead atoms. The van der Waals surface area contributed by atoms with Crippen molar-refractivity contribution in [2.24, 2.45) is 17.2 Å². The molecule has 80 valence electrons. The van der Waals surface area contributed by atoms with Crippen molar-refractivity contribution in [2.75, 3.05) is 13.2 Å². The van der Waals surface area contributed by atoms with Crippen molar-refractivity contribution in [2.45, 2.75) is 12.5 Å². The molecule has 1 atom stereocenters. The van der Waals surface area contributed by atoms with Crippen molar-refractivity contribution < 1.29 is 9.47 Å². The standard InChI is InChI=1S/C8H14ClN3O2/c9-7(11)3-6(10)8(12)14-5-1-2-13-4-5/h3,5H,1-2,4,10-12H2/b7-3-,8-6-. The zero-order valence-corrected chi connectivity index (χ0v) is 8.46. The van der Waals surface area contributed by atoms with Gasteiger partial charge in [-0.05, 0) is 0 Å². The number of halogens is 1. The van der Waals surface area contributed by atoms with Gasteiger partial charge >= 0.3 is 0 Å². The second kappa shape index (κ2) is 4.97. The van der Waals surface area contributed by atoms with Crippen molar-refractivity contribution in [1.29, 1.82) is 0 Å². The fraction of sp³-hybridized carbons (Fsp3) is 0.500. The summed E-state index contributed by atoms with van der Waals surface area (Å²) in [5.74, 6) is 0.129. The van der Waals surface area contributed by atoms with E-state index in [-0.39, 0.29) is 22.8 Å². The van der Waals surface area contributed by atoms with Crippen LogP contribution in [0.3, 0.4) is 0 Å². The molecule has 1 heterocycles. The van der Waals surface area contributed by atoms with Gasteiger partial charge in [-0.1, -0.05) is 11.6 Å². The highest BCUT2D eigenvalue weighted by Crippen LogP contribution is 2.11. The molecule has 0 amide bonds. The minimum atomic E-state index is -0.0292. The van der Waals surface area contributed by atoms with Gasteiger partial charge in [0.15, 0.2) is 0 Å². The Labute approximate surface area is 87.5 Å². The fourth-order valence-corrected chi connectivity index (χ4v) is 1.19. The van der Waals surface area contributed by atoms with Crippen LogP contribution < -0.4 is 17.2 Å². The molecule has 0 spiro atoms. The lowest BCUT2D eigenvalue weighted by Crippen LogP contribution is -2.20. The lowest BCUT2D eigenvalue weighted by atomic mass is 10.3. The van der Waals surface area contributed by atoms with Crippen LogP contribution in [0.5, 0.6) is 0 Å². The first-order chi connectivity index (χ1) is 6.59. The molecule has 0 aliphatic carbocycles. The summed E-state index contributed by atoms with van der Waals surface area (Å²) in [6.07, 6.45) is 2.12. The summed E-state index contributed by atoms with van der Waals surface area (Å²) in [6, 6.07) is 0. The number of rotatable bonds is 3. The van der Waals surface area contributed by atoms with Crippen molar-refractivity contribution in [3.8, 4) is 0 Å². The summed E-state index contributed by atoms with van der Waals surface area (Å²) in [7, 11) is 0. The molecule has 1 aliphatic heterocycles. The van der Waals surface area contributed by atoms with Gasteiger partial charge in [-0.3, -0.25) is 0 Å². The Morgan fingerprint density at radius 2 is 2.14 bits per heavy atom. The molecule has 0 radical (unpaired) electrons. The van der Waals surface area contributed by atoms with Crippen molar-refractivity contribution in [1.82, 2.24) is 0 Å². The first-order valence-electron chi connectivity index (χ1n) is 4.22. The van der Waals surface area contributed by atoms with Crippen LogP contribution in [0.25, 0.3) is 0 Å². The number of allylic oxidation sites excluding steroid dienone is 1. The van der Waals surface area contributed by atoms with Gasteiger partial charge in [0, 0.05) is 12.5 Å². The van der Waals surface area contributed by atoms with Crippen LogP contribution in [0.2, 0.25) is 0 Å². The van der Waals surface area contributed by atoms with Crippen LogP contribution in [-0.4, -0.2) is 19.3 Å². The zero-order chi connectivity index (χ0) is 10.6. The SMILES string of the molecule is NC(/C=C(\N)Cl)=C(/N)OC1CCOC1. The van der Waals surface area contributed by atoms with E-state index in [2.05, 4.69) is 0 Å². The van der Waals surface area contributed by atoms with E-state index in [9.17, 15) is 0 Å². The smallest absolute Gasteiger partial charge is 0.208 e. The van der Waals surface area contributed by atoms with Crippen molar-refractivity contribution in [3.05, 3.63) is 22.8 Å². The van der Waals surface area contributed by atoms with Gasteiger partial charge in [0.25, 0.3) is 0 Å². The maximum Gasteiger partial charge on any atom is 0.208 e. The predicted molar refractivity (Wildman–Crippen MR) is 53.8 cm³/mol. The van der Waals surface area contributed by atoms with Crippen LogP contribution in [0.1, 0.15) is 6.42 Å². The molecule has 0 aromatic carbocycles. The minimum Gasteiger partial charge on any atom is -0.472 e. The van der Waals surface area contributed by atoms with E-state index in [1.165, 1.54) is 6.08 Å². The molecule has 5 nitrogen and oxygen atoms in total. The lowest BCUT2D eigenvalue weighted by Gasteiger charge is -2.12. The summed E-state index contributed by atoms with van der Waals surface area (Å²) in [5.41, 5.74) is 16.5. The van der Waals surface area contributed by atoms with E-state index >= 15 is 0 Å². The van der Waals surface area contributed by atoms with Gasteiger partial charge in [0.1, 0.15) is 11.3 Å². The summed E-state index contributed by atoms with van der Waals surface area (Å²) < 4.78 is 10.4. The Bertz CT molecular complexity index is 255. The number of hydrogen-bond donors (Lipinski definition) is 3. The van der Waals surface area contributed by atoms with Crippen LogP contribution in [0, 0.1) is 0 Å². The van der Waals surface area contributed by atoms with E-state index in [0.717, 1.165) is 6.42 Å². The molecule has 1 unspecified atom stereocenters. The second-order valence-corrected chi connectivity index (χ2v) is 3.39. The van der Waals surface area contributed by atoms with E-state index in [0.29, 0.717) is 13.2 Å². The Morgan fingerprint density at radius 1 is 1.43 bits per heavy atom. The maximum absolute atomic E-state index is 5.56. The Kier molecular flexibility index (Phi) is 3.91. The average Bonchev–Trinajstić information content (AvgIpc) is 2.55. The van der Waals surface area contributed by atoms with Gasteiger partial charge in [-0.15, -0.1) is 0 Å². The van der Waals surface area contributed by atoms with Crippen LogP contribution in [0.4, 0.5) is 0 Å². The van der Waals surface area contributed by atoms with Gasteiger partial charge in [-0.2, -0.15) is 0 Å². The molecule has 6 N–H and O–H groups in total. The van der Waals surface area contributed by atoms with E-state index in [4.69, 9.17) is 38.3 Å². The number of ether oxygens (including phenoxy) is 2. The molecule has 14 heavy (non-hydrogen) atoms. The highest BCUT2D eigenvalue weighted by molar-refractivity contribution is 6.29. The van der Waals surface area contributed by atoms with Crippen LogP contribution in [0.15, 0.2) is 22.8 Å². The third kappa shape index (κ3) is 3.35. The summed E-state index contributed by atoms with van der Waals surface area (Å²) in [5, 5.41) is 0.0664. The predicted octanol–water partition coefficient (Wildman–Crippen LogP) is -0.0827. The topological polar surface area (TPSA) is 96.5 Å². The summed E-state index contributed by atoms with van der Waals surface area (Å²) in [4.78, 5) is 0. The van der Waals surface area contributed by atoms with Gasteiger partial charge in [0.05, 0.1) is 18.9 Å². The summed E-state index contributed by atoms with van der Waals surface area (Å²) >= 11 is 5.42. The molecule has 0 aromatic heterocycles. The Morgan fingerprint density at radius 3 is 2.64 bits per heavy atom. The van der Waals surface area contributed by atoms with E-state index in [1.807, 2.05) is 0 Å². The molecule has 6 heteroatoms. The highest BCUT2D eigenvalue weighted by atomic mass is 35.5. The number of hydrogen-bond acceptors (Lipinski definition) is 5. The zero-order valence-electron chi connectivity index (χ0n) is 7.70. The minimum absolute atomic E-state index is 0.0292. The third-order valence-corrected chi connectivity index (χ3v) is 1.87. The lowest BCUT2D eigenvalue weighted by molar-refractivity contribution is 0.0889. The average molecular weight is 220 g/mol. The van der Waals surface area contributed by atoms with Gasteiger partial charge in [0.2, 0.25) is 5.88 Å². The first kappa shape index (κ1) is 11.0. The molecule has 1 aliphatic rings. The third-order valence-electron chi connectivity index (χ3n) is 1.76. The molecule has 1 fully saturated rings. The summed E-state index contributed by atoms with van der Waals surface area (Å²) in [6.45, 7) is 1.22. The normalized spacial score (nSPS) is 24.6. The number of nitrogens with two attached hydrogens (primary N) is 3. The second-order valence-electron chi connectivity index (χ2n) is 2.95. The Hall–Kier alpha value is -1.07. The largest absolute Gasteiger partial charge is 0.472 e. The van der Waals surface area contributed by atoms with Crippen LogP contribution >= 0.6 is 11.6 Å². The van der Waals surface area contributed by atoms with Crippen molar-refractivity contribution in [3.63, 3.8) is 0 Å².